The Bertz CT molecular complexity index is 1620. The molecule has 4 heterocycles. The van der Waals surface area contributed by atoms with Crippen LogP contribution in [-0.2, 0) is 16.0 Å². The number of urea groups is 1. The number of aryl methyl sites for hydroxylation is 1. The lowest BCUT2D eigenvalue weighted by atomic mass is 10.0. The number of aliphatic hydroxyl groups is 1. The maximum absolute atomic E-state index is 15.3. The number of carbonyl (C=O) groups is 3. The number of morpholine rings is 1. The van der Waals surface area contributed by atoms with E-state index in [1.807, 2.05) is 0 Å². The van der Waals surface area contributed by atoms with E-state index in [9.17, 15) is 37.8 Å². The molecular formula is C30H30F4N6O6. The fourth-order valence-electron chi connectivity index (χ4n) is 5.58. The van der Waals surface area contributed by atoms with Gasteiger partial charge in [-0.25, -0.2) is 23.9 Å². The van der Waals surface area contributed by atoms with Gasteiger partial charge >= 0.3 is 18.2 Å². The van der Waals surface area contributed by atoms with E-state index in [2.05, 4.69) is 15.3 Å². The number of pyridine rings is 2. The predicted octanol–water partition coefficient (Wildman–Crippen LogP) is 3.57. The molecule has 0 aliphatic carbocycles. The Kier molecular flexibility index (Phi) is 9.12. The molecule has 3 atom stereocenters. The van der Waals surface area contributed by atoms with Crippen LogP contribution in [-0.4, -0.2) is 83.2 Å². The SMILES string of the molecule is Cc1cc(N2CCOC[C@@H]2CC(F)(F)F)cc(F)c1C(=O)N[C@@H](Cc1ccc(N2C(=O)N(C)c3cnccc3C2O)nc1)C(=O)O. The maximum Gasteiger partial charge on any atom is 0.391 e. The molecule has 12 nitrogen and oxygen atoms in total. The van der Waals surface area contributed by atoms with Gasteiger partial charge in [-0.3, -0.25) is 14.7 Å². The lowest BCUT2D eigenvalue weighted by Crippen LogP contribution is -2.48. The van der Waals surface area contributed by atoms with Crippen LogP contribution in [0.1, 0.15) is 39.7 Å². The zero-order chi connectivity index (χ0) is 33.3. The van der Waals surface area contributed by atoms with Crippen LogP contribution < -0.4 is 20.0 Å². The van der Waals surface area contributed by atoms with Crippen molar-refractivity contribution in [3.05, 3.63) is 77.0 Å². The smallest absolute Gasteiger partial charge is 0.391 e. The number of amides is 3. The van der Waals surface area contributed by atoms with Gasteiger partial charge in [0.15, 0.2) is 6.23 Å². The van der Waals surface area contributed by atoms with Crippen molar-refractivity contribution >= 4 is 35.1 Å². The zero-order valence-corrected chi connectivity index (χ0v) is 24.7. The van der Waals surface area contributed by atoms with E-state index in [1.165, 1.54) is 60.6 Å². The van der Waals surface area contributed by atoms with Crippen LogP contribution in [0, 0.1) is 12.7 Å². The number of ether oxygens (including phenoxy) is 1. The van der Waals surface area contributed by atoms with Crippen LogP contribution >= 0.6 is 0 Å². The average molecular weight is 647 g/mol. The first-order valence-corrected chi connectivity index (χ1v) is 14.1. The lowest BCUT2D eigenvalue weighted by Gasteiger charge is -2.38. The van der Waals surface area contributed by atoms with Crippen molar-refractivity contribution in [2.75, 3.05) is 41.5 Å². The molecular weight excluding hydrogens is 616 g/mol. The van der Waals surface area contributed by atoms with Crippen LogP contribution in [0.2, 0.25) is 0 Å². The van der Waals surface area contributed by atoms with Gasteiger partial charge < -0.3 is 25.2 Å². The van der Waals surface area contributed by atoms with Gasteiger partial charge in [-0.15, -0.1) is 0 Å². The van der Waals surface area contributed by atoms with Gasteiger partial charge in [0.05, 0.1) is 43.1 Å². The van der Waals surface area contributed by atoms with Gasteiger partial charge in [0.2, 0.25) is 0 Å². The van der Waals surface area contributed by atoms with Crippen molar-refractivity contribution in [1.29, 1.82) is 0 Å². The number of carboxylic acids is 1. The number of aliphatic hydroxyl groups excluding tert-OH is 1. The first kappa shape index (κ1) is 32.6. The van der Waals surface area contributed by atoms with E-state index in [-0.39, 0.29) is 43.2 Å². The number of hydrogen-bond donors (Lipinski definition) is 3. The summed E-state index contributed by atoms with van der Waals surface area (Å²) in [7, 11) is 1.52. The van der Waals surface area contributed by atoms with E-state index in [4.69, 9.17) is 4.74 Å². The standard InChI is InChI=1S/C30H30F4N6O6/c1-16-9-18(39-7-8-46-15-19(39)12-30(32,33)34)11-21(31)25(16)26(41)37-22(28(43)44)10-17-3-4-24(36-13-17)40-27(42)20-5-6-35-14-23(20)38(2)29(40)45/h3-6,9,11,13-14,19,22,27,42H,7-8,10,12,15H2,1-2H3,(H,37,41)(H,43,44)/t19-,22-,27?/m0/s1. The van der Waals surface area contributed by atoms with Gasteiger partial charge in [-0.05, 0) is 42.3 Å². The molecule has 0 bridgehead atoms. The topological polar surface area (TPSA) is 148 Å². The number of fused-ring (bicyclic) bond motifs is 1. The largest absolute Gasteiger partial charge is 0.480 e. The minimum atomic E-state index is -4.47. The van der Waals surface area contributed by atoms with E-state index in [0.717, 1.165) is 11.0 Å². The highest BCUT2D eigenvalue weighted by Crippen LogP contribution is 2.36. The number of benzene rings is 1. The molecule has 3 N–H and O–H groups in total. The third kappa shape index (κ3) is 6.72. The first-order valence-electron chi connectivity index (χ1n) is 14.1. The summed E-state index contributed by atoms with van der Waals surface area (Å²) >= 11 is 0. The first-order chi connectivity index (χ1) is 21.7. The van der Waals surface area contributed by atoms with E-state index >= 15 is 4.39 Å². The summed E-state index contributed by atoms with van der Waals surface area (Å²) in [6.45, 7) is 1.44. The normalized spacial score (nSPS) is 19.1. The lowest BCUT2D eigenvalue weighted by molar-refractivity contribution is -0.143. The number of nitrogens with zero attached hydrogens (tertiary/aromatic N) is 5. The number of carboxylic acid groups (broad SMARTS) is 1. The molecule has 1 saturated heterocycles. The fraction of sp³-hybridized carbons (Fsp3) is 0.367. The summed E-state index contributed by atoms with van der Waals surface area (Å²) in [6.07, 6.45) is -3.03. The fourth-order valence-corrected chi connectivity index (χ4v) is 5.58. The summed E-state index contributed by atoms with van der Waals surface area (Å²) < 4.78 is 59.8. The van der Waals surface area contributed by atoms with Gasteiger partial charge in [-0.1, -0.05) is 6.07 Å². The van der Waals surface area contributed by atoms with Crippen molar-refractivity contribution in [3.8, 4) is 0 Å². The summed E-state index contributed by atoms with van der Waals surface area (Å²) in [5.74, 6) is -3.37. The molecule has 1 aromatic carbocycles. The third-order valence-corrected chi connectivity index (χ3v) is 7.83. The molecule has 3 amide bonds. The number of aromatic nitrogens is 2. The Morgan fingerprint density at radius 3 is 2.61 bits per heavy atom. The van der Waals surface area contributed by atoms with E-state index < -0.39 is 60.2 Å². The van der Waals surface area contributed by atoms with Gasteiger partial charge in [-0.2, -0.15) is 13.2 Å². The molecule has 5 rings (SSSR count). The van der Waals surface area contributed by atoms with Gasteiger partial charge in [0, 0.05) is 43.7 Å². The second kappa shape index (κ2) is 12.9. The number of aliphatic carboxylic acids is 1. The molecule has 2 aliphatic heterocycles. The van der Waals surface area contributed by atoms with Crippen molar-refractivity contribution in [2.24, 2.45) is 0 Å². The monoisotopic (exact) mass is 646 g/mol. The molecule has 1 fully saturated rings. The molecule has 2 aliphatic rings. The number of alkyl halides is 3. The number of anilines is 3. The maximum atomic E-state index is 15.3. The minimum absolute atomic E-state index is 0.0852. The average Bonchev–Trinajstić information content (AvgIpc) is 2.99. The highest BCUT2D eigenvalue weighted by atomic mass is 19.4. The zero-order valence-electron chi connectivity index (χ0n) is 24.7. The molecule has 46 heavy (non-hydrogen) atoms. The predicted molar refractivity (Wildman–Crippen MR) is 156 cm³/mol. The summed E-state index contributed by atoms with van der Waals surface area (Å²) in [5.41, 5.74) is 1.02. The Hall–Kier alpha value is -4.83. The summed E-state index contributed by atoms with van der Waals surface area (Å²) in [6, 6.07) is 3.64. The number of halogens is 4. The highest BCUT2D eigenvalue weighted by molar-refractivity contribution is 6.05. The number of hydrogen-bond acceptors (Lipinski definition) is 8. The molecule has 0 saturated carbocycles. The minimum Gasteiger partial charge on any atom is -0.480 e. The van der Waals surface area contributed by atoms with Crippen molar-refractivity contribution < 1.29 is 46.9 Å². The van der Waals surface area contributed by atoms with Crippen molar-refractivity contribution in [3.63, 3.8) is 0 Å². The number of carbonyl (C=O) groups excluding carboxylic acids is 2. The summed E-state index contributed by atoms with van der Waals surface area (Å²) in [4.78, 5) is 50.1. The molecule has 2 aromatic heterocycles. The number of rotatable bonds is 8. The van der Waals surface area contributed by atoms with E-state index in [0.29, 0.717) is 16.8 Å². The second-order valence-electron chi connectivity index (χ2n) is 11.0. The quantitative estimate of drug-likeness (QED) is 0.313. The van der Waals surface area contributed by atoms with Crippen LogP contribution in [0.5, 0.6) is 0 Å². The van der Waals surface area contributed by atoms with Gasteiger partial charge in [0.1, 0.15) is 17.7 Å². The Morgan fingerprint density at radius 2 is 1.96 bits per heavy atom. The molecule has 3 aromatic rings. The molecule has 0 radical (unpaired) electrons. The van der Waals surface area contributed by atoms with Gasteiger partial charge in [0.25, 0.3) is 5.91 Å². The van der Waals surface area contributed by atoms with Crippen LogP contribution in [0.15, 0.2) is 48.9 Å². The molecule has 244 valence electrons. The molecule has 1 unspecified atom stereocenters. The van der Waals surface area contributed by atoms with Crippen molar-refractivity contribution in [2.45, 2.75) is 44.3 Å². The Balaban J connectivity index is 1.30. The second-order valence-corrected chi connectivity index (χ2v) is 11.0. The Labute approximate surface area is 260 Å². The van der Waals surface area contributed by atoms with Crippen molar-refractivity contribution in [1.82, 2.24) is 15.3 Å². The molecule has 16 heteroatoms. The van der Waals surface area contributed by atoms with Crippen LogP contribution in [0.4, 0.5) is 39.5 Å². The van der Waals surface area contributed by atoms with Crippen LogP contribution in [0.3, 0.4) is 0 Å². The molecule has 0 spiro atoms. The van der Waals surface area contributed by atoms with E-state index in [1.54, 1.807) is 6.07 Å². The van der Waals surface area contributed by atoms with Crippen LogP contribution in [0.25, 0.3) is 0 Å². The number of nitrogens with one attached hydrogen (secondary N) is 1. The summed E-state index contributed by atoms with van der Waals surface area (Å²) in [5, 5.41) is 23.0. The highest BCUT2D eigenvalue weighted by Gasteiger charge is 2.38. The Morgan fingerprint density at radius 1 is 1.20 bits per heavy atom. The third-order valence-electron chi connectivity index (χ3n) is 7.83.